The Balaban J connectivity index is 2.68. The summed E-state index contributed by atoms with van der Waals surface area (Å²) >= 11 is 0. The number of amides is 1. The Morgan fingerprint density at radius 3 is 2.85 bits per heavy atom. The van der Waals surface area contributed by atoms with Crippen LogP contribution in [0.2, 0.25) is 0 Å². The molecule has 0 aliphatic carbocycles. The predicted molar refractivity (Wildman–Crippen MR) is 46.7 cm³/mol. The number of carbonyl (C=O) groups excluding carboxylic acids is 1. The molecule has 5 heteroatoms. The normalized spacial score (nSPS) is 12.5. The van der Waals surface area contributed by atoms with Gasteiger partial charge in [0, 0.05) is 19.4 Å². The third-order valence-corrected chi connectivity index (χ3v) is 1.86. The molecule has 1 aromatic rings. The van der Waals surface area contributed by atoms with Gasteiger partial charge in [-0.2, -0.15) is 5.10 Å². The SMILES string of the molecule is CON(C)C(=O)[C@H](C)n1cccn1. The van der Waals surface area contributed by atoms with Gasteiger partial charge in [0.05, 0.1) is 7.11 Å². The van der Waals surface area contributed by atoms with E-state index in [2.05, 4.69) is 5.10 Å². The van der Waals surface area contributed by atoms with Crippen LogP contribution in [0, 0.1) is 0 Å². The number of carbonyl (C=O) groups is 1. The van der Waals surface area contributed by atoms with Gasteiger partial charge >= 0.3 is 0 Å². The number of likely N-dealkylation sites (N-methyl/N-ethyl adjacent to an activating group) is 1. The maximum absolute atomic E-state index is 11.5. The van der Waals surface area contributed by atoms with Crippen LogP contribution >= 0.6 is 0 Å². The fourth-order valence-corrected chi connectivity index (χ4v) is 0.976. The van der Waals surface area contributed by atoms with Crippen LogP contribution in [0.4, 0.5) is 0 Å². The average molecular weight is 183 g/mol. The molecule has 0 N–H and O–H groups in total. The smallest absolute Gasteiger partial charge is 0.270 e. The lowest BCUT2D eigenvalue weighted by molar-refractivity contribution is -0.172. The molecule has 72 valence electrons. The summed E-state index contributed by atoms with van der Waals surface area (Å²) in [5, 5.41) is 5.15. The lowest BCUT2D eigenvalue weighted by atomic mass is 10.3. The summed E-state index contributed by atoms with van der Waals surface area (Å²) in [6.45, 7) is 1.77. The highest BCUT2D eigenvalue weighted by molar-refractivity contribution is 5.78. The third-order valence-electron chi connectivity index (χ3n) is 1.86. The van der Waals surface area contributed by atoms with E-state index in [0.717, 1.165) is 0 Å². The maximum atomic E-state index is 11.5. The molecule has 5 nitrogen and oxygen atoms in total. The van der Waals surface area contributed by atoms with E-state index in [4.69, 9.17) is 4.84 Å². The number of hydroxylamine groups is 2. The maximum Gasteiger partial charge on any atom is 0.270 e. The van der Waals surface area contributed by atoms with Crippen molar-refractivity contribution in [1.82, 2.24) is 14.8 Å². The van der Waals surface area contributed by atoms with Crippen LogP contribution in [-0.4, -0.2) is 34.9 Å². The van der Waals surface area contributed by atoms with Gasteiger partial charge in [0.15, 0.2) is 0 Å². The van der Waals surface area contributed by atoms with Gasteiger partial charge in [-0.1, -0.05) is 0 Å². The number of rotatable bonds is 3. The van der Waals surface area contributed by atoms with Gasteiger partial charge in [-0.05, 0) is 13.0 Å². The Morgan fingerprint density at radius 2 is 2.38 bits per heavy atom. The van der Waals surface area contributed by atoms with Crippen molar-refractivity contribution in [1.29, 1.82) is 0 Å². The Kier molecular flexibility index (Phi) is 3.02. The Morgan fingerprint density at radius 1 is 1.69 bits per heavy atom. The topological polar surface area (TPSA) is 47.4 Å². The van der Waals surface area contributed by atoms with Crippen LogP contribution in [0.15, 0.2) is 18.5 Å². The molecule has 0 aliphatic heterocycles. The van der Waals surface area contributed by atoms with Gasteiger partial charge < -0.3 is 0 Å². The molecule has 1 aromatic heterocycles. The molecule has 0 saturated carbocycles. The first-order valence-electron chi connectivity index (χ1n) is 3.97. The molecular formula is C8H13N3O2. The van der Waals surface area contributed by atoms with E-state index in [9.17, 15) is 4.79 Å². The second-order valence-electron chi connectivity index (χ2n) is 2.68. The van der Waals surface area contributed by atoms with Crippen LogP contribution in [-0.2, 0) is 9.63 Å². The zero-order valence-corrected chi connectivity index (χ0v) is 7.97. The molecule has 0 radical (unpaired) electrons. The lowest BCUT2D eigenvalue weighted by Crippen LogP contribution is -2.32. The van der Waals surface area contributed by atoms with Crippen molar-refractivity contribution in [3.63, 3.8) is 0 Å². The number of aromatic nitrogens is 2. The first-order valence-corrected chi connectivity index (χ1v) is 3.97. The molecule has 0 aromatic carbocycles. The summed E-state index contributed by atoms with van der Waals surface area (Å²) < 4.78 is 1.58. The lowest BCUT2D eigenvalue weighted by Gasteiger charge is -2.18. The summed E-state index contributed by atoms with van der Waals surface area (Å²) in [7, 11) is 3.02. The minimum absolute atomic E-state index is 0.133. The molecule has 13 heavy (non-hydrogen) atoms. The summed E-state index contributed by atoms with van der Waals surface area (Å²) in [5.74, 6) is -0.133. The van der Waals surface area contributed by atoms with Gasteiger partial charge in [-0.15, -0.1) is 0 Å². The van der Waals surface area contributed by atoms with Crippen LogP contribution < -0.4 is 0 Å². The van der Waals surface area contributed by atoms with Gasteiger partial charge in [0.25, 0.3) is 5.91 Å². The van der Waals surface area contributed by atoms with Crippen LogP contribution in [0.5, 0.6) is 0 Å². The van der Waals surface area contributed by atoms with Gasteiger partial charge in [0.2, 0.25) is 0 Å². The number of hydrogen-bond donors (Lipinski definition) is 0. The van der Waals surface area contributed by atoms with E-state index < -0.39 is 0 Å². The molecule has 1 amide bonds. The highest BCUT2D eigenvalue weighted by Gasteiger charge is 2.18. The van der Waals surface area contributed by atoms with E-state index in [-0.39, 0.29) is 11.9 Å². The second kappa shape index (κ2) is 4.04. The van der Waals surface area contributed by atoms with Gasteiger partial charge in [0.1, 0.15) is 6.04 Å². The first-order chi connectivity index (χ1) is 6.16. The summed E-state index contributed by atoms with van der Waals surface area (Å²) in [4.78, 5) is 16.3. The van der Waals surface area contributed by atoms with Crippen molar-refractivity contribution in [2.24, 2.45) is 0 Å². The minimum Gasteiger partial charge on any atom is -0.274 e. The molecule has 1 rings (SSSR count). The molecule has 0 unspecified atom stereocenters. The standard InChI is InChI=1S/C8H13N3O2/c1-7(8(12)10(2)13-3)11-6-4-5-9-11/h4-7H,1-3H3/t7-/m0/s1. The molecule has 0 spiro atoms. The quantitative estimate of drug-likeness (QED) is 0.640. The molecule has 1 heterocycles. The van der Waals surface area contributed by atoms with Crippen molar-refractivity contribution in [3.8, 4) is 0 Å². The zero-order valence-electron chi connectivity index (χ0n) is 7.97. The van der Waals surface area contributed by atoms with Crippen molar-refractivity contribution < 1.29 is 9.63 Å². The summed E-state index contributed by atoms with van der Waals surface area (Å²) in [5.41, 5.74) is 0. The highest BCUT2D eigenvalue weighted by atomic mass is 16.7. The first kappa shape index (κ1) is 9.73. The third kappa shape index (κ3) is 2.06. The molecule has 0 saturated heterocycles. The Bertz CT molecular complexity index is 271. The van der Waals surface area contributed by atoms with Crippen molar-refractivity contribution >= 4 is 5.91 Å². The minimum atomic E-state index is -0.333. The Labute approximate surface area is 76.9 Å². The van der Waals surface area contributed by atoms with Crippen LogP contribution in [0.3, 0.4) is 0 Å². The molecular weight excluding hydrogens is 170 g/mol. The van der Waals surface area contributed by atoms with Crippen LogP contribution in [0.25, 0.3) is 0 Å². The largest absolute Gasteiger partial charge is 0.274 e. The number of nitrogens with zero attached hydrogens (tertiary/aromatic N) is 3. The van der Waals surface area contributed by atoms with Gasteiger partial charge in [-0.3, -0.25) is 14.3 Å². The van der Waals surface area contributed by atoms with E-state index >= 15 is 0 Å². The van der Waals surface area contributed by atoms with E-state index in [1.807, 2.05) is 0 Å². The van der Waals surface area contributed by atoms with Crippen molar-refractivity contribution in [2.45, 2.75) is 13.0 Å². The number of hydrogen-bond acceptors (Lipinski definition) is 3. The molecule has 1 atom stereocenters. The summed E-state index contributed by atoms with van der Waals surface area (Å²) in [6, 6.07) is 1.44. The monoisotopic (exact) mass is 183 g/mol. The molecule has 0 bridgehead atoms. The average Bonchev–Trinajstić information content (AvgIpc) is 2.67. The van der Waals surface area contributed by atoms with Crippen molar-refractivity contribution in [2.75, 3.05) is 14.2 Å². The highest BCUT2D eigenvalue weighted by Crippen LogP contribution is 2.06. The summed E-state index contributed by atoms with van der Waals surface area (Å²) in [6.07, 6.45) is 3.38. The molecule has 0 fully saturated rings. The van der Waals surface area contributed by atoms with E-state index in [1.54, 1.807) is 37.1 Å². The fraction of sp³-hybridized carbons (Fsp3) is 0.500. The van der Waals surface area contributed by atoms with Crippen LogP contribution in [0.1, 0.15) is 13.0 Å². The van der Waals surface area contributed by atoms with E-state index in [0.29, 0.717) is 0 Å². The Hall–Kier alpha value is -1.36. The fourth-order valence-electron chi connectivity index (χ4n) is 0.976. The second-order valence-corrected chi connectivity index (χ2v) is 2.68. The van der Waals surface area contributed by atoms with E-state index in [1.165, 1.54) is 12.2 Å². The van der Waals surface area contributed by atoms with Gasteiger partial charge in [-0.25, -0.2) is 5.06 Å². The zero-order chi connectivity index (χ0) is 9.84. The van der Waals surface area contributed by atoms with Crippen molar-refractivity contribution in [3.05, 3.63) is 18.5 Å². The molecule has 0 aliphatic rings. The predicted octanol–water partition coefficient (Wildman–Crippen LogP) is 0.464.